The molecule has 28 heavy (non-hydrogen) atoms. The fourth-order valence-corrected chi connectivity index (χ4v) is 2.40. The van der Waals surface area contributed by atoms with E-state index in [4.69, 9.17) is 4.74 Å². The molecule has 150 valence electrons. The number of aromatic nitrogens is 2. The number of nitrogens with one attached hydrogen (secondary N) is 2. The molecule has 2 aromatic rings. The summed E-state index contributed by atoms with van der Waals surface area (Å²) in [4.78, 5) is 43.4. The van der Waals surface area contributed by atoms with Gasteiger partial charge in [0.15, 0.2) is 6.10 Å². The molecule has 8 nitrogen and oxygen atoms in total. The average molecular weight is 387 g/mol. The van der Waals surface area contributed by atoms with E-state index in [0.717, 1.165) is 5.56 Å². The molecule has 3 N–H and O–H groups in total. The zero-order valence-corrected chi connectivity index (χ0v) is 16.1. The van der Waals surface area contributed by atoms with E-state index in [0.29, 0.717) is 5.69 Å². The summed E-state index contributed by atoms with van der Waals surface area (Å²) >= 11 is 0. The lowest BCUT2D eigenvalue weighted by Crippen LogP contribution is -2.49. The number of hydrogen-bond donors (Lipinski definition) is 3. The van der Waals surface area contributed by atoms with E-state index in [1.165, 1.54) is 6.33 Å². The predicted molar refractivity (Wildman–Crippen MR) is 101 cm³/mol. The van der Waals surface area contributed by atoms with E-state index in [9.17, 15) is 19.5 Å². The fourth-order valence-electron chi connectivity index (χ4n) is 2.40. The maximum Gasteiger partial charge on any atom is 0.326 e. The Morgan fingerprint density at radius 1 is 1.18 bits per heavy atom. The molecule has 0 aliphatic rings. The second-order valence-corrected chi connectivity index (χ2v) is 7.50. The van der Waals surface area contributed by atoms with E-state index in [1.807, 2.05) is 30.3 Å². The number of nitrogens with zero attached hydrogens (tertiary/aromatic N) is 1. The monoisotopic (exact) mass is 387 g/mol. The summed E-state index contributed by atoms with van der Waals surface area (Å²) < 4.78 is 5.43. The summed E-state index contributed by atoms with van der Waals surface area (Å²) in [6.07, 6.45) is 2.00. The van der Waals surface area contributed by atoms with Gasteiger partial charge in [-0.3, -0.25) is 9.59 Å². The number of esters is 1. The minimum absolute atomic E-state index is 0.00977. The summed E-state index contributed by atoms with van der Waals surface area (Å²) in [6, 6.07) is 7.89. The number of aliphatic carboxylic acids is 1. The Balaban J connectivity index is 2.15. The number of carbonyl (C=O) groups is 3. The molecule has 0 unspecified atom stereocenters. The molecular formula is C20H25N3O5. The van der Waals surface area contributed by atoms with Crippen LogP contribution >= 0.6 is 0 Å². The average Bonchev–Trinajstić information content (AvgIpc) is 3.13. The molecule has 1 aromatic heterocycles. The third-order valence-corrected chi connectivity index (χ3v) is 4.00. The van der Waals surface area contributed by atoms with Gasteiger partial charge in [0, 0.05) is 19.0 Å². The highest BCUT2D eigenvalue weighted by molar-refractivity contribution is 5.88. The van der Waals surface area contributed by atoms with Crippen molar-refractivity contribution in [1.29, 1.82) is 0 Å². The van der Waals surface area contributed by atoms with Crippen LogP contribution in [0.25, 0.3) is 0 Å². The van der Waals surface area contributed by atoms with Crippen molar-refractivity contribution >= 4 is 17.8 Å². The van der Waals surface area contributed by atoms with E-state index in [-0.39, 0.29) is 12.8 Å². The van der Waals surface area contributed by atoms with Gasteiger partial charge in [0.25, 0.3) is 5.91 Å². The summed E-state index contributed by atoms with van der Waals surface area (Å²) in [7, 11) is 0. The molecule has 1 amide bonds. The molecule has 2 atom stereocenters. The van der Waals surface area contributed by atoms with Crippen molar-refractivity contribution in [3.8, 4) is 0 Å². The zero-order chi connectivity index (χ0) is 20.7. The smallest absolute Gasteiger partial charge is 0.326 e. The van der Waals surface area contributed by atoms with E-state index in [2.05, 4.69) is 15.3 Å². The first-order valence-corrected chi connectivity index (χ1v) is 8.92. The summed E-state index contributed by atoms with van der Waals surface area (Å²) in [5.74, 6) is -2.40. The Labute approximate surface area is 163 Å². The number of carboxylic acid groups (broad SMARTS) is 1. The minimum atomic E-state index is -1.20. The molecule has 0 spiro atoms. The number of H-pyrrole nitrogens is 1. The molecule has 0 fully saturated rings. The second-order valence-electron chi connectivity index (χ2n) is 7.50. The Morgan fingerprint density at radius 3 is 2.39 bits per heavy atom. The van der Waals surface area contributed by atoms with Crippen LogP contribution in [-0.4, -0.2) is 45.1 Å². The van der Waals surface area contributed by atoms with Crippen molar-refractivity contribution in [3.05, 3.63) is 54.1 Å². The Morgan fingerprint density at radius 2 is 1.86 bits per heavy atom. The van der Waals surface area contributed by atoms with E-state index < -0.39 is 35.4 Å². The van der Waals surface area contributed by atoms with Gasteiger partial charge in [-0.2, -0.15) is 0 Å². The summed E-state index contributed by atoms with van der Waals surface area (Å²) in [5.41, 5.74) is 0.499. The van der Waals surface area contributed by atoms with Crippen LogP contribution in [0.15, 0.2) is 42.9 Å². The number of amides is 1. The van der Waals surface area contributed by atoms with Crippen LogP contribution in [0.2, 0.25) is 0 Å². The van der Waals surface area contributed by atoms with E-state index >= 15 is 0 Å². The molecule has 1 aromatic carbocycles. The lowest BCUT2D eigenvalue weighted by atomic mass is 9.97. The Bertz CT molecular complexity index is 797. The van der Waals surface area contributed by atoms with Crippen LogP contribution in [0.1, 0.15) is 32.0 Å². The van der Waals surface area contributed by atoms with Gasteiger partial charge >= 0.3 is 11.9 Å². The molecule has 0 saturated carbocycles. The lowest BCUT2D eigenvalue weighted by Gasteiger charge is -2.24. The largest absolute Gasteiger partial charge is 0.480 e. The molecule has 0 aliphatic heterocycles. The number of carboxylic acids is 1. The molecule has 1 heterocycles. The first-order valence-electron chi connectivity index (χ1n) is 8.92. The molecule has 0 radical (unpaired) electrons. The summed E-state index contributed by atoms with van der Waals surface area (Å²) in [5, 5.41) is 11.9. The standard InChI is InChI=1S/C20H25N3O5/c1-20(2,3)19(27)28-16(9-13-7-5-4-6-8-13)17(24)23-15(18(25)26)10-14-11-21-12-22-14/h4-8,11-12,15-16H,9-10H2,1-3H3,(H,21,22)(H,23,24)(H,25,26)/t15-,16-/m0/s1. The number of hydrogen-bond acceptors (Lipinski definition) is 5. The molecule has 0 bridgehead atoms. The SMILES string of the molecule is CC(C)(C)C(=O)O[C@@H](Cc1ccccc1)C(=O)N[C@@H](Cc1c[nH]cn1)C(=O)O. The van der Waals surface area contributed by atoms with Gasteiger partial charge in [-0.25, -0.2) is 9.78 Å². The third kappa shape index (κ3) is 6.22. The van der Waals surface area contributed by atoms with Gasteiger partial charge in [0.1, 0.15) is 6.04 Å². The molecular weight excluding hydrogens is 362 g/mol. The molecule has 0 saturated heterocycles. The first kappa shape index (κ1) is 21.1. The number of rotatable bonds is 8. The van der Waals surface area contributed by atoms with Gasteiger partial charge in [-0.05, 0) is 26.3 Å². The van der Waals surface area contributed by atoms with Crippen molar-refractivity contribution in [2.75, 3.05) is 0 Å². The number of imidazole rings is 1. The number of carbonyl (C=O) groups excluding carboxylic acids is 2. The van der Waals surface area contributed by atoms with Gasteiger partial charge in [0.05, 0.1) is 17.4 Å². The van der Waals surface area contributed by atoms with Crippen LogP contribution in [0, 0.1) is 5.41 Å². The quantitative estimate of drug-likeness (QED) is 0.593. The highest BCUT2D eigenvalue weighted by atomic mass is 16.5. The van der Waals surface area contributed by atoms with Crippen LogP contribution in [0.5, 0.6) is 0 Å². The minimum Gasteiger partial charge on any atom is -0.480 e. The van der Waals surface area contributed by atoms with Gasteiger partial charge in [-0.15, -0.1) is 0 Å². The van der Waals surface area contributed by atoms with Crippen LogP contribution in [0.4, 0.5) is 0 Å². The zero-order valence-electron chi connectivity index (χ0n) is 16.1. The first-order chi connectivity index (χ1) is 13.2. The highest BCUT2D eigenvalue weighted by Gasteiger charge is 2.32. The van der Waals surface area contributed by atoms with Crippen LogP contribution in [0.3, 0.4) is 0 Å². The maximum absolute atomic E-state index is 12.8. The predicted octanol–water partition coefficient (Wildman–Crippen LogP) is 1.72. The van der Waals surface area contributed by atoms with Gasteiger partial charge in [-0.1, -0.05) is 30.3 Å². The van der Waals surface area contributed by atoms with Crippen molar-refractivity contribution in [2.45, 2.75) is 45.8 Å². The Kier molecular flexibility index (Phi) is 6.92. The van der Waals surface area contributed by atoms with Crippen molar-refractivity contribution < 1.29 is 24.2 Å². The fraction of sp³-hybridized carbons (Fsp3) is 0.400. The Hall–Kier alpha value is -3.16. The normalized spacial score (nSPS) is 13.4. The molecule has 0 aliphatic carbocycles. The highest BCUT2D eigenvalue weighted by Crippen LogP contribution is 2.18. The number of benzene rings is 1. The number of aromatic amines is 1. The van der Waals surface area contributed by atoms with E-state index in [1.54, 1.807) is 27.0 Å². The van der Waals surface area contributed by atoms with Crippen molar-refractivity contribution in [1.82, 2.24) is 15.3 Å². The summed E-state index contributed by atoms with van der Waals surface area (Å²) in [6.45, 7) is 5.05. The number of ether oxygens (including phenoxy) is 1. The maximum atomic E-state index is 12.8. The van der Waals surface area contributed by atoms with Crippen molar-refractivity contribution in [2.24, 2.45) is 5.41 Å². The topological polar surface area (TPSA) is 121 Å². The molecule has 2 rings (SSSR count). The molecule has 8 heteroatoms. The second kappa shape index (κ2) is 9.16. The lowest BCUT2D eigenvalue weighted by molar-refractivity contribution is -0.164. The van der Waals surface area contributed by atoms with Crippen molar-refractivity contribution in [3.63, 3.8) is 0 Å². The van der Waals surface area contributed by atoms with Gasteiger partial charge in [0.2, 0.25) is 0 Å². The van der Waals surface area contributed by atoms with Crippen LogP contribution in [-0.2, 0) is 32.0 Å². The van der Waals surface area contributed by atoms with Crippen LogP contribution < -0.4 is 5.32 Å². The van der Waals surface area contributed by atoms with Gasteiger partial charge < -0.3 is 20.1 Å². The third-order valence-electron chi connectivity index (χ3n) is 4.00.